The van der Waals surface area contributed by atoms with Gasteiger partial charge in [0, 0.05) is 6.07 Å². The first-order valence-electron chi connectivity index (χ1n) is 6.50. The second-order valence-corrected chi connectivity index (χ2v) is 4.62. The molecule has 0 radical (unpaired) electrons. The van der Waals surface area contributed by atoms with Crippen molar-refractivity contribution in [3.05, 3.63) is 50.6 Å². The molecule has 1 aromatic heterocycles. The third kappa shape index (κ3) is 2.54. The van der Waals surface area contributed by atoms with Gasteiger partial charge in [-0.25, -0.2) is 4.63 Å². The number of nitro benzene ring substituents is 2. The maximum atomic E-state index is 11.2. The molecule has 3 rings (SSSR count). The van der Waals surface area contributed by atoms with Crippen LogP contribution in [0.3, 0.4) is 0 Å². The number of non-ortho nitro benzene ring substituents is 1. The van der Waals surface area contributed by atoms with Crippen molar-refractivity contribution in [2.24, 2.45) is 0 Å². The fourth-order valence-corrected chi connectivity index (χ4v) is 2.14. The van der Waals surface area contributed by atoms with Gasteiger partial charge in [-0.1, -0.05) is 0 Å². The number of fused-ring (bicyclic) bond motifs is 1. The zero-order chi connectivity index (χ0) is 17.3. The molecule has 1 N–H and O–H groups in total. The fourth-order valence-electron chi connectivity index (χ4n) is 2.14. The van der Waals surface area contributed by atoms with Crippen molar-refractivity contribution in [1.29, 1.82) is 0 Å². The highest BCUT2D eigenvalue weighted by Gasteiger charge is 2.22. The highest BCUT2D eigenvalue weighted by Crippen LogP contribution is 2.35. The van der Waals surface area contributed by atoms with Crippen LogP contribution in [-0.2, 0) is 0 Å². The molecule has 1 heterocycles. The van der Waals surface area contributed by atoms with E-state index in [-0.39, 0.29) is 33.8 Å². The summed E-state index contributed by atoms with van der Waals surface area (Å²) in [5.74, 6) is 0.323. The first kappa shape index (κ1) is 15.1. The Hall–Kier alpha value is -3.76. The molecular weight excluding hydrogens is 322 g/mol. The highest BCUT2D eigenvalue weighted by atomic mass is 16.6. The number of anilines is 2. The van der Waals surface area contributed by atoms with E-state index in [0.717, 1.165) is 0 Å². The molecule has 122 valence electrons. The number of benzene rings is 2. The Bertz CT molecular complexity index is 953. The molecule has 0 saturated heterocycles. The first-order valence-corrected chi connectivity index (χ1v) is 6.50. The SMILES string of the molecule is COc1ccc(Nc2ccc([N+](=O)[O-])c3nonc23)c([N+](=O)[O-])c1. The predicted octanol–water partition coefficient (Wildman–Crippen LogP) is 2.79. The van der Waals surface area contributed by atoms with Gasteiger partial charge in [-0.05, 0) is 28.5 Å². The van der Waals surface area contributed by atoms with Crippen LogP contribution in [0.25, 0.3) is 11.0 Å². The van der Waals surface area contributed by atoms with E-state index in [1.807, 2.05) is 0 Å². The molecule has 11 heteroatoms. The van der Waals surface area contributed by atoms with Gasteiger partial charge in [-0.15, -0.1) is 0 Å². The van der Waals surface area contributed by atoms with E-state index >= 15 is 0 Å². The molecule has 0 fully saturated rings. The minimum atomic E-state index is -0.619. The van der Waals surface area contributed by atoms with E-state index in [0.29, 0.717) is 5.75 Å². The van der Waals surface area contributed by atoms with Crippen LogP contribution in [-0.4, -0.2) is 27.3 Å². The summed E-state index contributed by atoms with van der Waals surface area (Å²) in [7, 11) is 1.40. The lowest BCUT2D eigenvalue weighted by atomic mass is 10.2. The predicted molar refractivity (Wildman–Crippen MR) is 81.4 cm³/mol. The number of methoxy groups -OCH3 is 1. The lowest BCUT2D eigenvalue weighted by Gasteiger charge is -2.08. The van der Waals surface area contributed by atoms with Crippen LogP contribution in [0.15, 0.2) is 35.0 Å². The standard InChI is InChI=1S/C13H9N5O6/c1-23-7-2-3-8(11(6-7)18(21)22)14-9-4-5-10(17(19)20)13-12(9)15-24-16-13/h2-6,14H,1H3. The van der Waals surface area contributed by atoms with Gasteiger partial charge < -0.3 is 10.1 Å². The number of nitrogens with zero attached hydrogens (tertiary/aromatic N) is 4. The van der Waals surface area contributed by atoms with E-state index in [2.05, 4.69) is 20.3 Å². The van der Waals surface area contributed by atoms with Crippen molar-refractivity contribution in [1.82, 2.24) is 10.3 Å². The third-order valence-electron chi connectivity index (χ3n) is 3.26. The van der Waals surface area contributed by atoms with Crippen LogP contribution in [0.2, 0.25) is 0 Å². The molecule has 0 aliphatic carbocycles. The molecule has 0 spiro atoms. The number of hydrogen-bond donors (Lipinski definition) is 1. The van der Waals surface area contributed by atoms with Crippen LogP contribution in [0.5, 0.6) is 5.75 Å². The summed E-state index contributed by atoms with van der Waals surface area (Å²) >= 11 is 0. The van der Waals surface area contributed by atoms with Gasteiger partial charge in [0.1, 0.15) is 11.4 Å². The molecule has 0 aliphatic heterocycles. The fraction of sp³-hybridized carbons (Fsp3) is 0.0769. The van der Waals surface area contributed by atoms with Crippen LogP contribution in [0, 0.1) is 20.2 Å². The average molecular weight is 331 g/mol. The monoisotopic (exact) mass is 331 g/mol. The Morgan fingerprint density at radius 2 is 1.67 bits per heavy atom. The number of nitro groups is 2. The molecule has 24 heavy (non-hydrogen) atoms. The molecular formula is C13H9N5O6. The van der Waals surface area contributed by atoms with E-state index in [9.17, 15) is 20.2 Å². The van der Waals surface area contributed by atoms with Crippen molar-refractivity contribution < 1.29 is 19.2 Å². The summed E-state index contributed by atoms with van der Waals surface area (Å²) in [5.41, 5.74) is -0.0158. The zero-order valence-corrected chi connectivity index (χ0v) is 12.1. The van der Waals surface area contributed by atoms with Crippen LogP contribution in [0.4, 0.5) is 22.7 Å². The molecule has 0 saturated carbocycles. The number of hydrogen-bond acceptors (Lipinski definition) is 9. The van der Waals surface area contributed by atoms with E-state index in [4.69, 9.17) is 4.74 Å². The van der Waals surface area contributed by atoms with Gasteiger partial charge in [0.2, 0.25) is 5.52 Å². The van der Waals surface area contributed by atoms with Gasteiger partial charge in [-0.2, -0.15) is 0 Å². The molecule has 0 unspecified atom stereocenters. The van der Waals surface area contributed by atoms with Crippen molar-refractivity contribution in [3.63, 3.8) is 0 Å². The van der Waals surface area contributed by atoms with Gasteiger partial charge in [0.25, 0.3) is 5.69 Å². The minimum Gasteiger partial charge on any atom is -0.496 e. The number of nitrogens with one attached hydrogen (secondary N) is 1. The summed E-state index contributed by atoms with van der Waals surface area (Å²) in [4.78, 5) is 21.0. The van der Waals surface area contributed by atoms with Gasteiger partial charge >= 0.3 is 5.69 Å². The van der Waals surface area contributed by atoms with Gasteiger partial charge in [0.15, 0.2) is 5.52 Å². The molecule has 0 amide bonds. The second-order valence-electron chi connectivity index (χ2n) is 4.62. The van der Waals surface area contributed by atoms with E-state index < -0.39 is 9.85 Å². The second kappa shape index (κ2) is 5.79. The number of ether oxygens (including phenoxy) is 1. The molecule has 3 aromatic rings. The first-order chi connectivity index (χ1) is 11.5. The number of rotatable bonds is 5. The Balaban J connectivity index is 2.08. The molecule has 0 aliphatic rings. The third-order valence-corrected chi connectivity index (χ3v) is 3.26. The van der Waals surface area contributed by atoms with Crippen molar-refractivity contribution in [2.45, 2.75) is 0 Å². The smallest absolute Gasteiger partial charge is 0.300 e. The maximum absolute atomic E-state index is 11.2. The summed E-state index contributed by atoms with van der Waals surface area (Å²) in [5, 5.41) is 32.1. The van der Waals surface area contributed by atoms with Crippen LogP contribution in [0.1, 0.15) is 0 Å². The zero-order valence-electron chi connectivity index (χ0n) is 12.1. The quantitative estimate of drug-likeness (QED) is 0.550. The van der Waals surface area contributed by atoms with Crippen molar-refractivity contribution >= 4 is 33.8 Å². The van der Waals surface area contributed by atoms with Crippen molar-refractivity contribution in [2.75, 3.05) is 12.4 Å². The van der Waals surface area contributed by atoms with Crippen LogP contribution < -0.4 is 10.1 Å². The number of aromatic nitrogens is 2. The minimum absolute atomic E-state index is 0.0545. The van der Waals surface area contributed by atoms with E-state index in [1.54, 1.807) is 6.07 Å². The Labute approximate surface area is 133 Å². The molecule has 2 aromatic carbocycles. The van der Waals surface area contributed by atoms with Crippen molar-refractivity contribution in [3.8, 4) is 5.75 Å². The topological polar surface area (TPSA) is 146 Å². The average Bonchev–Trinajstić information content (AvgIpc) is 3.04. The Morgan fingerprint density at radius 3 is 2.33 bits per heavy atom. The highest BCUT2D eigenvalue weighted by molar-refractivity contribution is 5.95. The Kier molecular flexibility index (Phi) is 3.66. The normalized spacial score (nSPS) is 10.5. The summed E-state index contributed by atoms with van der Waals surface area (Å²) in [6.07, 6.45) is 0. The summed E-state index contributed by atoms with van der Waals surface area (Å²) in [6.45, 7) is 0. The Morgan fingerprint density at radius 1 is 1.00 bits per heavy atom. The molecule has 11 nitrogen and oxygen atoms in total. The molecule has 0 bridgehead atoms. The largest absolute Gasteiger partial charge is 0.496 e. The lowest BCUT2D eigenvalue weighted by Crippen LogP contribution is -1.99. The lowest BCUT2D eigenvalue weighted by molar-refractivity contribution is -0.384. The van der Waals surface area contributed by atoms with Gasteiger partial charge in [0.05, 0.1) is 28.7 Å². The van der Waals surface area contributed by atoms with E-state index in [1.165, 1.54) is 31.4 Å². The summed E-state index contributed by atoms with van der Waals surface area (Å²) in [6, 6.07) is 6.84. The summed E-state index contributed by atoms with van der Waals surface area (Å²) < 4.78 is 9.52. The van der Waals surface area contributed by atoms with Crippen LogP contribution >= 0.6 is 0 Å². The maximum Gasteiger partial charge on any atom is 0.300 e. The molecule has 0 atom stereocenters. The van der Waals surface area contributed by atoms with Gasteiger partial charge in [-0.3, -0.25) is 20.2 Å².